The number of carbonyl (C=O) groups excluding carboxylic acids is 1. The van der Waals surface area contributed by atoms with E-state index in [1.54, 1.807) is 18.3 Å². The SMILES string of the molecule is CC(=O)N1CCSC1c1cccs1. The Morgan fingerprint density at radius 1 is 1.69 bits per heavy atom. The molecule has 0 aromatic carbocycles. The minimum absolute atomic E-state index is 0.184. The molecule has 1 aromatic rings. The summed E-state index contributed by atoms with van der Waals surface area (Å²) in [6.07, 6.45) is 0. The molecule has 1 aliphatic rings. The average molecular weight is 213 g/mol. The molecule has 1 saturated heterocycles. The lowest BCUT2D eigenvalue weighted by atomic mass is 10.4. The van der Waals surface area contributed by atoms with Gasteiger partial charge in [-0.25, -0.2) is 0 Å². The van der Waals surface area contributed by atoms with E-state index in [0.717, 1.165) is 12.3 Å². The Bertz CT molecular complexity index is 297. The monoisotopic (exact) mass is 213 g/mol. The van der Waals surface area contributed by atoms with E-state index in [4.69, 9.17) is 0 Å². The van der Waals surface area contributed by atoms with Gasteiger partial charge in [0.2, 0.25) is 5.91 Å². The highest BCUT2D eigenvalue weighted by Gasteiger charge is 2.28. The first-order chi connectivity index (χ1) is 6.29. The average Bonchev–Trinajstić information content (AvgIpc) is 2.74. The molecule has 1 aliphatic heterocycles. The molecule has 70 valence electrons. The molecule has 1 amide bonds. The molecule has 4 heteroatoms. The molecule has 13 heavy (non-hydrogen) atoms. The van der Waals surface area contributed by atoms with Gasteiger partial charge in [0.25, 0.3) is 0 Å². The lowest BCUT2D eigenvalue weighted by Crippen LogP contribution is -2.27. The molecule has 0 bridgehead atoms. The van der Waals surface area contributed by atoms with Gasteiger partial charge in [-0.3, -0.25) is 4.79 Å². The second-order valence-corrected chi connectivity index (χ2v) is 5.12. The van der Waals surface area contributed by atoms with E-state index >= 15 is 0 Å². The van der Waals surface area contributed by atoms with Gasteiger partial charge in [-0.05, 0) is 11.4 Å². The summed E-state index contributed by atoms with van der Waals surface area (Å²) in [5.41, 5.74) is 0. The van der Waals surface area contributed by atoms with E-state index in [0.29, 0.717) is 0 Å². The fraction of sp³-hybridized carbons (Fsp3) is 0.444. The van der Waals surface area contributed by atoms with Gasteiger partial charge in [-0.2, -0.15) is 0 Å². The molecule has 0 N–H and O–H groups in total. The maximum Gasteiger partial charge on any atom is 0.220 e. The van der Waals surface area contributed by atoms with E-state index in [-0.39, 0.29) is 11.3 Å². The largest absolute Gasteiger partial charge is 0.325 e. The third kappa shape index (κ3) is 1.74. The quantitative estimate of drug-likeness (QED) is 0.713. The molecule has 2 nitrogen and oxygen atoms in total. The summed E-state index contributed by atoms with van der Waals surface area (Å²) < 4.78 is 0. The van der Waals surface area contributed by atoms with Gasteiger partial charge in [0.15, 0.2) is 0 Å². The maximum atomic E-state index is 11.3. The van der Waals surface area contributed by atoms with Crippen LogP contribution in [0, 0.1) is 0 Å². The number of thioether (sulfide) groups is 1. The van der Waals surface area contributed by atoms with E-state index in [2.05, 4.69) is 11.4 Å². The molecule has 2 heterocycles. The number of nitrogens with zero attached hydrogens (tertiary/aromatic N) is 1. The standard InChI is InChI=1S/C9H11NOS2/c1-7(11)10-4-6-13-9(10)8-3-2-5-12-8/h2-3,5,9H,4,6H2,1H3. The second kappa shape index (κ2) is 3.72. The molecule has 0 radical (unpaired) electrons. The van der Waals surface area contributed by atoms with E-state index in [1.165, 1.54) is 4.88 Å². The van der Waals surface area contributed by atoms with Crippen molar-refractivity contribution in [2.24, 2.45) is 0 Å². The van der Waals surface area contributed by atoms with Crippen LogP contribution in [-0.2, 0) is 4.79 Å². The van der Waals surface area contributed by atoms with Crippen molar-refractivity contribution in [3.8, 4) is 0 Å². The van der Waals surface area contributed by atoms with Gasteiger partial charge >= 0.3 is 0 Å². The summed E-state index contributed by atoms with van der Waals surface area (Å²) in [5, 5.41) is 2.34. The van der Waals surface area contributed by atoms with Crippen LogP contribution in [0.1, 0.15) is 17.2 Å². The fourth-order valence-corrected chi connectivity index (χ4v) is 3.75. The molecule has 2 rings (SSSR count). The number of rotatable bonds is 1. The van der Waals surface area contributed by atoms with Gasteiger partial charge in [-0.15, -0.1) is 23.1 Å². The third-order valence-electron chi connectivity index (χ3n) is 2.08. The maximum absolute atomic E-state index is 11.3. The van der Waals surface area contributed by atoms with E-state index in [1.807, 2.05) is 22.7 Å². The van der Waals surface area contributed by atoms with E-state index in [9.17, 15) is 4.79 Å². The molecule has 0 spiro atoms. The molecule has 0 aliphatic carbocycles. The molecular formula is C9H11NOS2. The smallest absolute Gasteiger partial charge is 0.220 e. The van der Waals surface area contributed by atoms with Crippen molar-refractivity contribution in [3.05, 3.63) is 22.4 Å². The summed E-state index contributed by atoms with van der Waals surface area (Å²) in [4.78, 5) is 14.5. The second-order valence-electron chi connectivity index (χ2n) is 2.95. The Kier molecular flexibility index (Phi) is 2.60. The van der Waals surface area contributed by atoms with Crippen LogP contribution in [0.3, 0.4) is 0 Å². The van der Waals surface area contributed by atoms with Crippen LogP contribution < -0.4 is 0 Å². The Morgan fingerprint density at radius 3 is 3.15 bits per heavy atom. The number of hydrogen-bond acceptors (Lipinski definition) is 3. The highest BCUT2D eigenvalue weighted by Crippen LogP contribution is 2.39. The van der Waals surface area contributed by atoms with Gasteiger partial charge in [0.05, 0.1) is 0 Å². The minimum atomic E-state index is 0.184. The zero-order chi connectivity index (χ0) is 9.26. The Morgan fingerprint density at radius 2 is 2.54 bits per heavy atom. The molecule has 1 atom stereocenters. The van der Waals surface area contributed by atoms with Crippen molar-refractivity contribution in [1.82, 2.24) is 4.90 Å². The lowest BCUT2D eigenvalue weighted by Gasteiger charge is -2.20. The predicted octanol–water partition coefficient (Wildman–Crippen LogP) is 2.34. The predicted molar refractivity (Wildman–Crippen MR) is 56.9 cm³/mol. The summed E-state index contributed by atoms with van der Waals surface area (Å²) in [7, 11) is 0. The first-order valence-corrected chi connectivity index (χ1v) is 6.14. The first-order valence-electron chi connectivity index (χ1n) is 4.21. The van der Waals surface area contributed by atoms with Gasteiger partial charge in [0, 0.05) is 24.1 Å². The van der Waals surface area contributed by atoms with Crippen LogP contribution in [0.4, 0.5) is 0 Å². The third-order valence-corrected chi connectivity index (χ3v) is 4.40. The normalized spacial score (nSPS) is 22.2. The number of thiophene rings is 1. The summed E-state index contributed by atoms with van der Waals surface area (Å²) in [6.45, 7) is 2.54. The number of amides is 1. The van der Waals surface area contributed by atoms with Gasteiger partial charge < -0.3 is 4.90 Å². The van der Waals surface area contributed by atoms with Gasteiger partial charge in [-0.1, -0.05) is 6.07 Å². The zero-order valence-corrected chi connectivity index (χ0v) is 9.03. The van der Waals surface area contributed by atoms with Crippen molar-refractivity contribution in [2.75, 3.05) is 12.3 Å². The fourth-order valence-electron chi connectivity index (χ4n) is 1.46. The highest BCUT2D eigenvalue weighted by molar-refractivity contribution is 7.99. The Labute approximate surface area is 85.9 Å². The number of carbonyl (C=O) groups is 1. The molecule has 1 unspecified atom stereocenters. The first kappa shape index (κ1) is 9.09. The van der Waals surface area contributed by atoms with Crippen LogP contribution in [0.2, 0.25) is 0 Å². The highest BCUT2D eigenvalue weighted by atomic mass is 32.2. The minimum Gasteiger partial charge on any atom is -0.325 e. The van der Waals surface area contributed by atoms with Crippen LogP contribution in [0.5, 0.6) is 0 Å². The molecule has 0 saturated carbocycles. The Balaban J connectivity index is 2.19. The van der Waals surface area contributed by atoms with Gasteiger partial charge in [0.1, 0.15) is 5.37 Å². The van der Waals surface area contributed by atoms with Crippen molar-refractivity contribution >= 4 is 29.0 Å². The summed E-state index contributed by atoms with van der Waals surface area (Å²) >= 11 is 3.58. The van der Waals surface area contributed by atoms with Crippen LogP contribution in [-0.4, -0.2) is 23.1 Å². The van der Waals surface area contributed by atoms with Crippen LogP contribution in [0.25, 0.3) is 0 Å². The Hall–Kier alpha value is -0.480. The molecule has 1 aromatic heterocycles. The van der Waals surface area contributed by atoms with Crippen molar-refractivity contribution in [3.63, 3.8) is 0 Å². The lowest BCUT2D eigenvalue weighted by molar-refractivity contribution is -0.128. The molecular weight excluding hydrogens is 202 g/mol. The molecule has 1 fully saturated rings. The van der Waals surface area contributed by atoms with Crippen LogP contribution in [0.15, 0.2) is 17.5 Å². The number of hydrogen-bond donors (Lipinski definition) is 0. The summed E-state index contributed by atoms with van der Waals surface area (Å²) in [6, 6.07) is 4.14. The van der Waals surface area contributed by atoms with Crippen LogP contribution >= 0.6 is 23.1 Å². The zero-order valence-electron chi connectivity index (χ0n) is 7.40. The van der Waals surface area contributed by atoms with Crippen molar-refractivity contribution in [1.29, 1.82) is 0 Å². The summed E-state index contributed by atoms with van der Waals surface area (Å²) in [5.74, 6) is 1.24. The van der Waals surface area contributed by atoms with E-state index < -0.39 is 0 Å². The van der Waals surface area contributed by atoms with Crippen molar-refractivity contribution < 1.29 is 4.79 Å². The van der Waals surface area contributed by atoms with Crippen molar-refractivity contribution in [2.45, 2.75) is 12.3 Å². The topological polar surface area (TPSA) is 20.3 Å².